The average Bonchev–Trinajstić information content (AvgIpc) is 3.12. The highest BCUT2D eigenvalue weighted by molar-refractivity contribution is 5.38. The molecule has 0 radical (unpaired) electrons. The maximum Gasteiger partial charge on any atom is 0.123 e. The molecule has 1 aromatic rings. The predicted octanol–water partition coefficient (Wildman–Crippen LogP) is 1.73. The van der Waals surface area contributed by atoms with E-state index >= 15 is 0 Å². The maximum absolute atomic E-state index is 9.50. The molecule has 0 bridgehead atoms. The highest BCUT2D eigenvalue weighted by atomic mass is 16.5. The molecule has 0 heterocycles. The van der Waals surface area contributed by atoms with Crippen molar-refractivity contribution < 1.29 is 9.84 Å². The summed E-state index contributed by atoms with van der Waals surface area (Å²) in [6.45, 7) is 0.233. The Kier molecular flexibility index (Phi) is 3.17. The van der Waals surface area contributed by atoms with Gasteiger partial charge in [-0.3, -0.25) is 0 Å². The zero-order chi connectivity index (χ0) is 11.6. The van der Waals surface area contributed by atoms with Crippen molar-refractivity contribution in [2.75, 3.05) is 20.8 Å². The number of methoxy groups -OCH3 is 1. The van der Waals surface area contributed by atoms with Crippen LogP contribution in [-0.4, -0.2) is 25.9 Å². The van der Waals surface area contributed by atoms with Crippen LogP contribution in [-0.2, 0) is 0 Å². The fraction of sp³-hybridized carbons (Fsp3) is 0.538. The SMILES string of the molecule is CNC(c1ccccc1OC)C1(CO)CC1. The smallest absolute Gasteiger partial charge is 0.123 e. The average molecular weight is 221 g/mol. The van der Waals surface area contributed by atoms with Gasteiger partial charge in [-0.05, 0) is 26.0 Å². The van der Waals surface area contributed by atoms with Gasteiger partial charge in [-0.25, -0.2) is 0 Å². The van der Waals surface area contributed by atoms with Gasteiger partial charge in [0, 0.05) is 17.0 Å². The molecule has 88 valence electrons. The van der Waals surface area contributed by atoms with Crippen molar-refractivity contribution in [2.24, 2.45) is 5.41 Å². The van der Waals surface area contributed by atoms with Gasteiger partial charge in [0.1, 0.15) is 5.75 Å². The first kappa shape index (κ1) is 11.4. The van der Waals surface area contributed by atoms with Crippen molar-refractivity contribution in [1.82, 2.24) is 5.32 Å². The summed E-state index contributed by atoms with van der Waals surface area (Å²) in [7, 11) is 3.62. The molecule has 1 fully saturated rings. The number of rotatable bonds is 5. The summed E-state index contributed by atoms with van der Waals surface area (Å²) in [6.07, 6.45) is 2.15. The highest BCUT2D eigenvalue weighted by Crippen LogP contribution is 2.55. The van der Waals surface area contributed by atoms with Crippen molar-refractivity contribution in [3.05, 3.63) is 29.8 Å². The summed E-state index contributed by atoms with van der Waals surface area (Å²) in [6, 6.07) is 8.18. The Bertz CT molecular complexity index is 361. The lowest BCUT2D eigenvalue weighted by molar-refractivity contribution is 0.174. The Balaban J connectivity index is 2.33. The van der Waals surface area contributed by atoms with Crippen LogP contribution >= 0.6 is 0 Å². The van der Waals surface area contributed by atoms with E-state index in [4.69, 9.17) is 4.74 Å². The van der Waals surface area contributed by atoms with Crippen LogP contribution in [0.1, 0.15) is 24.4 Å². The minimum Gasteiger partial charge on any atom is -0.496 e. The lowest BCUT2D eigenvalue weighted by Crippen LogP contribution is -2.29. The third-order valence-electron chi connectivity index (χ3n) is 3.56. The summed E-state index contributed by atoms with van der Waals surface area (Å²) in [5, 5.41) is 12.8. The fourth-order valence-corrected chi connectivity index (χ4v) is 2.40. The summed E-state index contributed by atoms with van der Waals surface area (Å²) in [5.41, 5.74) is 1.16. The lowest BCUT2D eigenvalue weighted by atomic mass is 9.90. The molecular formula is C13H19NO2. The molecular weight excluding hydrogens is 202 g/mol. The molecule has 1 aromatic carbocycles. The molecule has 2 rings (SSSR count). The van der Waals surface area contributed by atoms with Crippen molar-refractivity contribution in [3.8, 4) is 5.75 Å². The van der Waals surface area contributed by atoms with E-state index in [9.17, 15) is 5.11 Å². The lowest BCUT2D eigenvalue weighted by Gasteiger charge is -2.26. The molecule has 16 heavy (non-hydrogen) atoms. The van der Waals surface area contributed by atoms with Crippen molar-refractivity contribution in [1.29, 1.82) is 0 Å². The van der Waals surface area contributed by atoms with Crippen LogP contribution in [0.2, 0.25) is 0 Å². The highest BCUT2D eigenvalue weighted by Gasteiger charge is 2.49. The molecule has 1 aliphatic carbocycles. The van der Waals surface area contributed by atoms with Gasteiger partial charge in [-0.1, -0.05) is 18.2 Å². The molecule has 1 unspecified atom stereocenters. The topological polar surface area (TPSA) is 41.5 Å². The second-order valence-corrected chi connectivity index (χ2v) is 4.48. The minimum atomic E-state index is 0.0172. The van der Waals surface area contributed by atoms with Crippen LogP contribution in [0.15, 0.2) is 24.3 Å². The molecule has 0 saturated heterocycles. The summed E-state index contributed by atoms with van der Waals surface area (Å²) in [5.74, 6) is 0.890. The number of para-hydroxylation sites is 1. The number of aliphatic hydroxyl groups excluding tert-OH is 1. The zero-order valence-corrected chi connectivity index (χ0v) is 9.86. The molecule has 2 N–H and O–H groups in total. The van der Waals surface area contributed by atoms with E-state index in [1.807, 2.05) is 25.2 Å². The monoisotopic (exact) mass is 221 g/mol. The quantitative estimate of drug-likeness (QED) is 0.795. The van der Waals surface area contributed by atoms with Gasteiger partial charge < -0.3 is 15.2 Å². The van der Waals surface area contributed by atoms with Crippen LogP contribution < -0.4 is 10.1 Å². The van der Waals surface area contributed by atoms with E-state index in [2.05, 4.69) is 11.4 Å². The van der Waals surface area contributed by atoms with E-state index in [1.54, 1.807) is 7.11 Å². The molecule has 1 saturated carbocycles. The standard InChI is InChI=1S/C13H19NO2/c1-14-12(13(9-15)7-8-13)10-5-3-4-6-11(10)16-2/h3-6,12,14-15H,7-9H2,1-2H3. The first-order valence-corrected chi connectivity index (χ1v) is 5.68. The van der Waals surface area contributed by atoms with Gasteiger partial charge in [-0.2, -0.15) is 0 Å². The van der Waals surface area contributed by atoms with Crippen LogP contribution in [0.4, 0.5) is 0 Å². The number of hydrogen-bond acceptors (Lipinski definition) is 3. The Hall–Kier alpha value is -1.06. The van der Waals surface area contributed by atoms with E-state index in [-0.39, 0.29) is 18.1 Å². The first-order chi connectivity index (χ1) is 7.77. The van der Waals surface area contributed by atoms with Crippen molar-refractivity contribution in [3.63, 3.8) is 0 Å². The molecule has 0 aromatic heterocycles. The van der Waals surface area contributed by atoms with Crippen LogP contribution in [0.5, 0.6) is 5.75 Å². The molecule has 3 nitrogen and oxygen atoms in total. The van der Waals surface area contributed by atoms with Crippen LogP contribution in [0.3, 0.4) is 0 Å². The molecule has 0 aliphatic heterocycles. The Labute approximate surface area is 96.4 Å². The third kappa shape index (κ3) is 1.81. The van der Waals surface area contributed by atoms with E-state index in [0.29, 0.717) is 0 Å². The van der Waals surface area contributed by atoms with Gasteiger partial charge in [0.05, 0.1) is 13.7 Å². The zero-order valence-electron chi connectivity index (χ0n) is 9.86. The van der Waals surface area contributed by atoms with Crippen LogP contribution in [0.25, 0.3) is 0 Å². The number of nitrogens with one attached hydrogen (secondary N) is 1. The number of hydrogen-bond donors (Lipinski definition) is 2. The number of benzene rings is 1. The Morgan fingerprint density at radius 3 is 2.62 bits per heavy atom. The Morgan fingerprint density at radius 1 is 1.44 bits per heavy atom. The maximum atomic E-state index is 9.50. The van der Waals surface area contributed by atoms with Gasteiger partial charge in [-0.15, -0.1) is 0 Å². The normalized spacial score (nSPS) is 19.2. The van der Waals surface area contributed by atoms with Crippen LogP contribution in [0, 0.1) is 5.41 Å². The van der Waals surface area contributed by atoms with Crippen molar-refractivity contribution >= 4 is 0 Å². The van der Waals surface area contributed by atoms with E-state index in [1.165, 1.54) is 0 Å². The summed E-state index contributed by atoms with van der Waals surface area (Å²) >= 11 is 0. The number of aliphatic hydroxyl groups is 1. The second-order valence-electron chi connectivity index (χ2n) is 4.48. The molecule has 1 aliphatic rings. The van der Waals surface area contributed by atoms with Crippen molar-refractivity contribution in [2.45, 2.75) is 18.9 Å². The minimum absolute atomic E-state index is 0.0172. The third-order valence-corrected chi connectivity index (χ3v) is 3.56. The van der Waals surface area contributed by atoms with Gasteiger partial charge >= 0.3 is 0 Å². The van der Waals surface area contributed by atoms with E-state index in [0.717, 1.165) is 24.2 Å². The molecule has 1 atom stereocenters. The fourth-order valence-electron chi connectivity index (χ4n) is 2.40. The first-order valence-electron chi connectivity index (χ1n) is 5.68. The molecule has 0 amide bonds. The van der Waals surface area contributed by atoms with Gasteiger partial charge in [0.25, 0.3) is 0 Å². The molecule has 3 heteroatoms. The predicted molar refractivity (Wildman–Crippen MR) is 63.5 cm³/mol. The Morgan fingerprint density at radius 2 is 2.12 bits per heavy atom. The summed E-state index contributed by atoms with van der Waals surface area (Å²) in [4.78, 5) is 0. The molecule has 0 spiro atoms. The second kappa shape index (κ2) is 4.44. The largest absolute Gasteiger partial charge is 0.496 e. The van der Waals surface area contributed by atoms with Gasteiger partial charge in [0.2, 0.25) is 0 Å². The van der Waals surface area contributed by atoms with E-state index < -0.39 is 0 Å². The number of ether oxygens (including phenoxy) is 1. The van der Waals surface area contributed by atoms with Gasteiger partial charge in [0.15, 0.2) is 0 Å². The summed E-state index contributed by atoms with van der Waals surface area (Å²) < 4.78 is 5.37.